The number of hydrogen-bond acceptors (Lipinski definition) is 3. The van der Waals surface area contributed by atoms with Crippen LogP contribution in [0.15, 0.2) is 0 Å². The fourth-order valence-electron chi connectivity index (χ4n) is 2.66. The molecule has 1 aliphatic carbocycles. The predicted molar refractivity (Wildman–Crippen MR) is 78.8 cm³/mol. The molecule has 3 nitrogen and oxygen atoms in total. The van der Waals surface area contributed by atoms with Gasteiger partial charge in [0.2, 0.25) is 0 Å². The van der Waals surface area contributed by atoms with Gasteiger partial charge in [-0.15, -0.1) is 0 Å². The summed E-state index contributed by atoms with van der Waals surface area (Å²) in [5, 5.41) is 12.6. The molecule has 0 radical (unpaired) electrons. The third-order valence-electron chi connectivity index (χ3n) is 4.52. The van der Waals surface area contributed by atoms with Gasteiger partial charge in [-0.3, -0.25) is 5.32 Å². The van der Waals surface area contributed by atoms with Crippen LogP contribution >= 0.6 is 0 Å². The summed E-state index contributed by atoms with van der Waals surface area (Å²) in [4.78, 5) is 0. The zero-order valence-corrected chi connectivity index (χ0v) is 13.0. The summed E-state index contributed by atoms with van der Waals surface area (Å²) in [6.45, 7) is 10.3. The number of ether oxygens (including phenoxy) is 1. The van der Waals surface area contributed by atoms with E-state index in [0.29, 0.717) is 12.7 Å². The highest BCUT2D eigenvalue weighted by Gasteiger charge is 2.27. The highest BCUT2D eigenvalue weighted by molar-refractivity contribution is 5.03. The maximum absolute atomic E-state index is 9.26. The van der Waals surface area contributed by atoms with Crippen molar-refractivity contribution in [3.8, 4) is 6.07 Å². The second-order valence-corrected chi connectivity index (χ2v) is 6.38. The largest absolute Gasteiger partial charge is 0.378 e. The maximum Gasteiger partial charge on any atom is 0.106 e. The molecule has 0 aromatic heterocycles. The number of nitriles is 1. The average molecular weight is 266 g/mol. The summed E-state index contributed by atoms with van der Waals surface area (Å²) in [5.41, 5.74) is -0.441. The number of nitrogens with zero attached hydrogens (tertiary/aromatic N) is 1. The van der Waals surface area contributed by atoms with Crippen molar-refractivity contribution in [2.45, 2.75) is 71.4 Å². The normalized spacial score (nSPS) is 30.6. The van der Waals surface area contributed by atoms with Crippen LogP contribution in [0, 0.1) is 23.2 Å². The molecule has 1 fully saturated rings. The molecule has 0 aromatic rings. The van der Waals surface area contributed by atoms with Crippen LogP contribution in [-0.4, -0.2) is 24.8 Å². The smallest absolute Gasteiger partial charge is 0.106 e. The van der Waals surface area contributed by atoms with E-state index in [1.165, 1.54) is 19.3 Å². The number of rotatable bonds is 7. The van der Waals surface area contributed by atoms with Gasteiger partial charge in [-0.2, -0.15) is 5.26 Å². The molecule has 0 amide bonds. The first-order chi connectivity index (χ1) is 9.00. The van der Waals surface area contributed by atoms with Crippen LogP contribution in [-0.2, 0) is 4.74 Å². The molecule has 19 heavy (non-hydrogen) atoms. The molecule has 1 N–H and O–H groups in total. The maximum atomic E-state index is 9.26. The summed E-state index contributed by atoms with van der Waals surface area (Å²) in [6, 6.07) is 2.38. The highest BCUT2D eigenvalue weighted by atomic mass is 16.5. The molecule has 1 rings (SSSR count). The molecule has 1 aliphatic rings. The van der Waals surface area contributed by atoms with E-state index in [1.807, 2.05) is 6.92 Å². The Labute approximate surface area is 118 Å². The lowest BCUT2D eigenvalue weighted by Crippen LogP contribution is -2.42. The van der Waals surface area contributed by atoms with Gasteiger partial charge >= 0.3 is 0 Å². The summed E-state index contributed by atoms with van der Waals surface area (Å²) in [5.74, 6) is 1.59. The fraction of sp³-hybridized carbons (Fsp3) is 0.938. The molecule has 0 spiro atoms. The monoisotopic (exact) mass is 266 g/mol. The Bertz CT molecular complexity index is 300. The zero-order valence-electron chi connectivity index (χ0n) is 13.0. The quantitative estimate of drug-likeness (QED) is 0.767. The average Bonchev–Trinajstić information content (AvgIpc) is 2.40. The minimum Gasteiger partial charge on any atom is -0.378 e. The Hall–Kier alpha value is -0.590. The van der Waals surface area contributed by atoms with Gasteiger partial charge in [-0.25, -0.2) is 0 Å². The molecule has 110 valence electrons. The van der Waals surface area contributed by atoms with Gasteiger partial charge in [0.25, 0.3) is 0 Å². The third kappa shape index (κ3) is 5.50. The Morgan fingerprint density at radius 2 is 2.05 bits per heavy atom. The van der Waals surface area contributed by atoms with E-state index in [9.17, 15) is 5.26 Å². The second kappa shape index (κ2) is 7.87. The van der Waals surface area contributed by atoms with Crippen molar-refractivity contribution < 1.29 is 4.74 Å². The third-order valence-corrected chi connectivity index (χ3v) is 4.52. The van der Waals surface area contributed by atoms with Crippen LogP contribution in [0.25, 0.3) is 0 Å². The molecule has 0 saturated heterocycles. The van der Waals surface area contributed by atoms with Crippen molar-refractivity contribution in [1.29, 1.82) is 5.26 Å². The summed E-state index contributed by atoms with van der Waals surface area (Å²) in [6.07, 6.45) is 5.85. The van der Waals surface area contributed by atoms with Gasteiger partial charge < -0.3 is 4.74 Å². The Kier molecular flexibility index (Phi) is 6.82. The van der Waals surface area contributed by atoms with Crippen molar-refractivity contribution in [3.63, 3.8) is 0 Å². The first kappa shape index (κ1) is 16.5. The Balaban J connectivity index is 2.27. The van der Waals surface area contributed by atoms with E-state index >= 15 is 0 Å². The first-order valence-corrected chi connectivity index (χ1v) is 7.78. The lowest BCUT2D eigenvalue weighted by atomic mass is 9.80. The van der Waals surface area contributed by atoms with Gasteiger partial charge in [0.15, 0.2) is 0 Å². The summed E-state index contributed by atoms with van der Waals surface area (Å²) >= 11 is 0. The van der Waals surface area contributed by atoms with Crippen molar-refractivity contribution >= 4 is 0 Å². The fourth-order valence-corrected chi connectivity index (χ4v) is 2.66. The molecule has 4 unspecified atom stereocenters. The van der Waals surface area contributed by atoms with E-state index in [4.69, 9.17) is 4.74 Å². The van der Waals surface area contributed by atoms with Gasteiger partial charge in [0.1, 0.15) is 5.54 Å². The molecule has 0 aromatic carbocycles. The van der Waals surface area contributed by atoms with Crippen LogP contribution in [0.1, 0.15) is 59.8 Å². The molecular weight excluding hydrogens is 236 g/mol. The van der Waals surface area contributed by atoms with Gasteiger partial charge in [0.05, 0.1) is 12.2 Å². The molecule has 3 heteroatoms. The topological polar surface area (TPSA) is 45.0 Å². The second-order valence-electron chi connectivity index (χ2n) is 6.38. The molecular formula is C16H30N2O. The van der Waals surface area contributed by atoms with E-state index in [-0.39, 0.29) is 0 Å². The van der Waals surface area contributed by atoms with E-state index < -0.39 is 5.54 Å². The Morgan fingerprint density at radius 3 is 2.63 bits per heavy atom. The molecule has 4 atom stereocenters. The van der Waals surface area contributed by atoms with Gasteiger partial charge in [-0.05, 0) is 51.0 Å². The van der Waals surface area contributed by atoms with Crippen LogP contribution in [0.2, 0.25) is 0 Å². The molecule has 0 aliphatic heterocycles. The van der Waals surface area contributed by atoms with Crippen molar-refractivity contribution in [2.75, 3.05) is 13.2 Å². The van der Waals surface area contributed by atoms with Gasteiger partial charge in [0, 0.05) is 13.0 Å². The lowest BCUT2D eigenvalue weighted by Gasteiger charge is -2.32. The van der Waals surface area contributed by atoms with Crippen molar-refractivity contribution in [1.82, 2.24) is 5.32 Å². The van der Waals surface area contributed by atoms with E-state index in [0.717, 1.165) is 31.2 Å². The zero-order chi connectivity index (χ0) is 14.3. The van der Waals surface area contributed by atoms with Crippen LogP contribution in [0.5, 0.6) is 0 Å². The highest BCUT2D eigenvalue weighted by Crippen LogP contribution is 2.31. The minimum atomic E-state index is -0.441. The van der Waals surface area contributed by atoms with Gasteiger partial charge in [-0.1, -0.05) is 20.8 Å². The first-order valence-electron chi connectivity index (χ1n) is 7.78. The molecule has 0 bridgehead atoms. The van der Waals surface area contributed by atoms with Crippen LogP contribution in [0.3, 0.4) is 0 Å². The summed E-state index contributed by atoms with van der Waals surface area (Å²) in [7, 11) is 0. The SMILES string of the molecule is CCCNC(C)(C#N)CCOC1CCC(C)C(C)C1. The standard InChI is InChI=1S/C16H30N2O/c1-5-9-18-16(4,12-17)8-10-19-15-7-6-13(2)14(3)11-15/h13-15,18H,5-11H2,1-4H3. The van der Waals surface area contributed by atoms with Crippen LogP contribution < -0.4 is 5.32 Å². The number of nitrogens with one attached hydrogen (secondary N) is 1. The lowest BCUT2D eigenvalue weighted by molar-refractivity contribution is -0.00313. The number of hydrogen-bond donors (Lipinski definition) is 1. The minimum absolute atomic E-state index is 0.403. The predicted octanol–water partition coefficient (Wildman–Crippen LogP) is 3.50. The van der Waals surface area contributed by atoms with Crippen molar-refractivity contribution in [3.05, 3.63) is 0 Å². The molecule has 0 heterocycles. The van der Waals surface area contributed by atoms with Crippen LogP contribution in [0.4, 0.5) is 0 Å². The summed E-state index contributed by atoms with van der Waals surface area (Å²) < 4.78 is 5.99. The van der Waals surface area contributed by atoms with E-state index in [2.05, 4.69) is 32.2 Å². The molecule has 1 saturated carbocycles. The Morgan fingerprint density at radius 1 is 1.32 bits per heavy atom. The van der Waals surface area contributed by atoms with Crippen molar-refractivity contribution in [2.24, 2.45) is 11.8 Å². The van der Waals surface area contributed by atoms with E-state index in [1.54, 1.807) is 0 Å².